The number of ether oxygens (including phenoxy) is 2. The predicted molar refractivity (Wildman–Crippen MR) is 86.4 cm³/mol. The van der Waals surface area contributed by atoms with Crippen LogP contribution in [0.25, 0.3) is 0 Å². The maximum atomic E-state index is 12.4. The number of nitrogens with zero attached hydrogens (tertiary/aromatic N) is 1. The van der Waals surface area contributed by atoms with Crippen molar-refractivity contribution >= 4 is 5.91 Å². The molecule has 1 N–H and O–H groups in total. The molecule has 120 valence electrons. The lowest BCUT2D eigenvalue weighted by Crippen LogP contribution is -2.40. The number of carbonyl (C=O) groups is 1. The van der Waals surface area contributed by atoms with E-state index in [0.29, 0.717) is 17.9 Å². The molecule has 0 bridgehead atoms. The lowest BCUT2D eigenvalue weighted by atomic mass is 10.00. The number of hydrogen-bond acceptors (Lipinski definition) is 4. The van der Waals surface area contributed by atoms with E-state index in [9.17, 15) is 4.79 Å². The van der Waals surface area contributed by atoms with Crippen LogP contribution in [0.4, 0.5) is 0 Å². The lowest BCUT2D eigenvalue weighted by Gasteiger charge is -2.29. The highest BCUT2D eigenvalue weighted by Crippen LogP contribution is 2.26. The monoisotopic (exact) mass is 312 g/mol. The number of methoxy groups -OCH3 is 1. The lowest BCUT2D eigenvalue weighted by molar-refractivity contribution is -0.00151. The van der Waals surface area contributed by atoms with Crippen LogP contribution in [0, 0.1) is 0 Å². The Morgan fingerprint density at radius 1 is 1.30 bits per heavy atom. The molecule has 5 nitrogen and oxygen atoms in total. The van der Waals surface area contributed by atoms with Gasteiger partial charge in [-0.2, -0.15) is 0 Å². The van der Waals surface area contributed by atoms with Gasteiger partial charge in [0.15, 0.2) is 0 Å². The second-order valence-electron chi connectivity index (χ2n) is 5.54. The van der Waals surface area contributed by atoms with Crippen molar-refractivity contribution in [2.24, 2.45) is 0 Å². The van der Waals surface area contributed by atoms with E-state index in [1.54, 1.807) is 25.4 Å². The van der Waals surface area contributed by atoms with Crippen molar-refractivity contribution in [2.75, 3.05) is 13.7 Å². The number of amides is 1. The van der Waals surface area contributed by atoms with Crippen LogP contribution in [0.1, 0.15) is 35.0 Å². The quantitative estimate of drug-likeness (QED) is 0.943. The van der Waals surface area contributed by atoms with Crippen LogP contribution in [0.2, 0.25) is 0 Å². The van der Waals surface area contributed by atoms with Gasteiger partial charge in [0, 0.05) is 24.4 Å². The van der Waals surface area contributed by atoms with E-state index in [0.717, 1.165) is 18.5 Å². The molecule has 1 aliphatic heterocycles. The van der Waals surface area contributed by atoms with Crippen molar-refractivity contribution in [3.63, 3.8) is 0 Å². The summed E-state index contributed by atoms with van der Waals surface area (Å²) in [5, 5.41) is 3.08. The molecule has 1 fully saturated rings. The molecule has 2 heterocycles. The third kappa shape index (κ3) is 3.87. The second-order valence-corrected chi connectivity index (χ2v) is 5.54. The van der Waals surface area contributed by atoms with Gasteiger partial charge in [0.25, 0.3) is 5.91 Å². The smallest absolute Gasteiger partial charge is 0.251 e. The largest absolute Gasteiger partial charge is 0.497 e. The van der Waals surface area contributed by atoms with E-state index < -0.39 is 0 Å². The van der Waals surface area contributed by atoms with E-state index in [4.69, 9.17) is 9.47 Å². The Morgan fingerprint density at radius 3 is 3.00 bits per heavy atom. The summed E-state index contributed by atoms with van der Waals surface area (Å²) in [6.07, 6.45) is 3.23. The number of rotatable bonds is 4. The molecule has 0 radical (unpaired) electrons. The Bertz CT molecular complexity index is 660. The van der Waals surface area contributed by atoms with Crippen molar-refractivity contribution in [2.45, 2.75) is 25.0 Å². The minimum Gasteiger partial charge on any atom is -0.497 e. The first-order valence-corrected chi connectivity index (χ1v) is 7.73. The summed E-state index contributed by atoms with van der Waals surface area (Å²) in [5.41, 5.74) is 1.51. The molecule has 1 saturated heterocycles. The van der Waals surface area contributed by atoms with Gasteiger partial charge in [-0.15, -0.1) is 0 Å². The van der Waals surface area contributed by atoms with Crippen LogP contribution >= 0.6 is 0 Å². The number of hydrogen-bond donors (Lipinski definition) is 1. The van der Waals surface area contributed by atoms with Gasteiger partial charge in [0.05, 0.1) is 12.8 Å². The molecule has 2 aromatic rings. The van der Waals surface area contributed by atoms with Gasteiger partial charge in [0.1, 0.15) is 11.9 Å². The van der Waals surface area contributed by atoms with Crippen molar-refractivity contribution in [1.82, 2.24) is 10.3 Å². The summed E-state index contributed by atoms with van der Waals surface area (Å²) in [7, 11) is 1.59. The minimum atomic E-state index is -0.0874. The van der Waals surface area contributed by atoms with Gasteiger partial charge < -0.3 is 14.8 Å². The topological polar surface area (TPSA) is 60.5 Å². The van der Waals surface area contributed by atoms with Gasteiger partial charge in [0.2, 0.25) is 0 Å². The molecular formula is C18H20N2O3. The first-order valence-electron chi connectivity index (χ1n) is 7.73. The molecular weight excluding hydrogens is 292 g/mol. The van der Waals surface area contributed by atoms with Crippen LogP contribution < -0.4 is 10.1 Å². The first kappa shape index (κ1) is 15.5. The van der Waals surface area contributed by atoms with Crippen LogP contribution in [-0.2, 0) is 4.74 Å². The van der Waals surface area contributed by atoms with Crippen LogP contribution in [0.15, 0.2) is 48.7 Å². The zero-order chi connectivity index (χ0) is 16.1. The maximum absolute atomic E-state index is 12.4. The summed E-state index contributed by atoms with van der Waals surface area (Å²) < 4.78 is 10.9. The summed E-state index contributed by atoms with van der Waals surface area (Å²) in [4.78, 5) is 16.7. The van der Waals surface area contributed by atoms with Crippen LogP contribution in [-0.4, -0.2) is 30.6 Å². The van der Waals surface area contributed by atoms with Crippen LogP contribution in [0.5, 0.6) is 5.75 Å². The van der Waals surface area contributed by atoms with Crippen molar-refractivity contribution in [3.05, 3.63) is 59.9 Å². The van der Waals surface area contributed by atoms with Crippen molar-refractivity contribution < 1.29 is 14.3 Å². The zero-order valence-corrected chi connectivity index (χ0v) is 13.1. The Balaban J connectivity index is 1.64. The maximum Gasteiger partial charge on any atom is 0.251 e. The number of benzene rings is 1. The summed E-state index contributed by atoms with van der Waals surface area (Å²) in [6.45, 7) is 0.615. The number of nitrogens with one attached hydrogen (secondary N) is 1. The Labute approximate surface area is 135 Å². The Morgan fingerprint density at radius 2 is 2.22 bits per heavy atom. The van der Waals surface area contributed by atoms with E-state index in [2.05, 4.69) is 10.3 Å². The third-order valence-electron chi connectivity index (χ3n) is 3.97. The Kier molecular flexibility index (Phi) is 4.88. The molecule has 0 saturated carbocycles. The molecule has 0 spiro atoms. The minimum absolute atomic E-state index is 0.0689. The second kappa shape index (κ2) is 7.24. The molecule has 1 amide bonds. The number of aromatic nitrogens is 1. The van der Waals surface area contributed by atoms with Crippen molar-refractivity contribution in [1.29, 1.82) is 0 Å². The fourth-order valence-corrected chi connectivity index (χ4v) is 2.73. The number of pyridine rings is 1. The number of carbonyl (C=O) groups excluding carboxylic acids is 1. The van der Waals surface area contributed by atoms with Gasteiger partial charge in [-0.05, 0) is 43.2 Å². The van der Waals surface area contributed by atoms with Crippen molar-refractivity contribution in [3.8, 4) is 5.75 Å². The molecule has 1 aromatic carbocycles. The molecule has 0 aliphatic carbocycles. The molecule has 1 aromatic heterocycles. The normalized spacial score (nSPS) is 20.7. The van der Waals surface area contributed by atoms with Gasteiger partial charge >= 0.3 is 0 Å². The van der Waals surface area contributed by atoms with E-state index in [-0.39, 0.29) is 18.1 Å². The molecule has 2 atom stereocenters. The van der Waals surface area contributed by atoms with Gasteiger partial charge in [-0.25, -0.2) is 0 Å². The fraction of sp³-hybridized carbons (Fsp3) is 0.333. The zero-order valence-electron chi connectivity index (χ0n) is 13.1. The highest BCUT2D eigenvalue weighted by molar-refractivity contribution is 5.94. The highest BCUT2D eigenvalue weighted by Gasteiger charge is 2.26. The first-order chi connectivity index (χ1) is 11.3. The predicted octanol–water partition coefficient (Wildman–Crippen LogP) is 2.74. The van der Waals surface area contributed by atoms with Gasteiger partial charge in [-0.3, -0.25) is 9.78 Å². The molecule has 1 aliphatic rings. The summed E-state index contributed by atoms with van der Waals surface area (Å²) >= 11 is 0. The molecule has 5 heteroatoms. The van der Waals surface area contributed by atoms with Gasteiger partial charge in [-0.1, -0.05) is 12.1 Å². The standard InChI is InChI=1S/C18H20N2O3/c1-22-15-6-4-5-13(11-15)18(21)20-14-8-10-23-17(12-14)16-7-2-3-9-19-16/h2-7,9,11,14,17H,8,10,12H2,1H3,(H,20,21)/t14-,17-/m0/s1. The summed E-state index contributed by atoms with van der Waals surface area (Å²) in [5.74, 6) is 0.589. The molecule has 3 rings (SSSR count). The summed E-state index contributed by atoms with van der Waals surface area (Å²) in [6, 6.07) is 13.0. The fourth-order valence-electron chi connectivity index (χ4n) is 2.73. The van der Waals surface area contributed by atoms with Crippen LogP contribution in [0.3, 0.4) is 0 Å². The Hall–Kier alpha value is -2.40. The SMILES string of the molecule is COc1cccc(C(=O)N[C@H]2CCO[C@H](c3ccccn3)C2)c1. The van der Waals surface area contributed by atoms with E-state index in [1.165, 1.54) is 0 Å². The third-order valence-corrected chi connectivity index (χ3v) is 3.97. The van der Waals surface area contributed by atoms with E-state index in [1.807, 2.05) is 30.3 Å². The highest BCUT2D eigenvalue weighted by atomic mass is 16.5. The molecule has 23 heavy (non-hydrogen) atoms. The van der Waals surface area contributed by atoms with E-state index >= 15 is 0 Å². The average Bonchev–Trinajstić information content (AvgIpc) is 2.63. The average molecular weight is 312 g/mol. The molecule has 0 unspecified atom stereocenters.